The van der Waals surface area contributed by atoms with E-state index in [-0.39, 0.29) is 53.7 Å². The van der Waals surface area contributed by atoms with Crippen molar-refractivity contribution in [3.63, 3.8) is 0 Å². The van der Waals surface area contributed by atoms with Crippen molar-refractivity contribution < 1.29 is 33.2 Å². The fourth-order valence-corrected chi connectivity index (χ4v) is 7.60. The predicted octanol–water partition coefficient (Wildman–Crippen LogP) is 7.09. The van der Waals surface area contributed by atoms with Crippen LogP contribution in [-0.2, 0) is 33.2 Å². The Kier molecular flexibility index (Phi) is 13.7. The highest BCUT2D eigenvalue weighted by Crippen LogP contribution is 2.48. The minimum Gasteiger partial charge on any atom is -0.469 e. The summed E-state index contributed by atoms with van der Waals surface area (Å²) in [5, 5.41) is 0. The summed E-state index contributed by atoms with van der Waals surface area (Å²) in [4.78, 5) is 11.8. The first kappa shape index (κ1) is 32.4. The smallest absolute Gasteiger partial charge is 0.305 e. The molecule has 0 bridgehead atoms. The molecule has 8 heteroatoms. The van der Waals surface area contributed by atoms with Crippen molar-refractivity contribution in [3.8, 4) is 0 Å². The summed E-state index contributed by atoms with van der Waals surface area (Å²) >= 11 is 3.88. The summed E-state index contributed by atoms with van der Waals surface area (Å²) in [6.45, 7) is 6.16. The minimum atomic E-state index is -0.150. The third-order valence-corrected chi connectivity index (χ3v) is 10.2. The quantitative estimate of drug-likeness (QED) is 0.109. The van der Waals surface area contributed by atoms with Crippen LogP contribution in [0.3, 0.4) is 0 Å². The van der Waals surface area contributed by atoms with Crippen molar-refractivity contribution in [3.05, 3.63) is 12.2 Å². The van der Waals surface area contributed by atoms with E-state index in [1.807, 2.05) is 0 Å². The van der Waals surface area contributed by atoms with Gasteiger partial charge in [0.05, 0.1) is 31.5 Å². The number of halogens is 1. The number of hydrogen-bond acceptors (Lipinski definition) is 7. The molecule has 0 aromatic rings. The van der Waals surface area contributed by atoms with Crippen molar-refractivity contribution in [1.29, 1.82) is 0 Å². The molecule has 0 aromatic carbocycles. The molecule has 40 heavy (non-hydrogen) atoms. The summed E-state index contributed by atoms with van der Waals surface area (Å²) in [5.74, 6) is 1.11. The molecule has 4 aliphatic rings. The molecule has 0 radical (unpaired) electrons. The van der Waals surface area contributed by atoms with E-state index >= 15 is 0 Å². The van der Waals surface area contributed by atoms with Gasteiger partial charge in [-0.15, -0.1) is 0 Å². The van der Waals surface area contributed by atoms with Gasteiger partial charge in [-0.05, 0) is 76.0 Å². The van der Waals surface area contributed by atoms with Crippen LogP contribution in [0.15, 0.2) is 12.2 Å². The first-order valence-electron chi connectivity index (χ1n) is 16.1. The Morgan fingerprint density at radius 2 is 1.80 bits per heavy atom. The van der Waals surface area contributed by atoms with Crippen LogP contribution in [0, 0.1) is 17.8 Å². The highest BCUT2D eigenvalue weighted by atomic mass is 79.9. The molecule has 1 aliphatic carbocycles. The maximum Gasteiger partial charge on any atom is 0.305 e. The highest BCUT2D eigenvalue weighted by Gasteiger charge is 2.51. The van der Waals surface area contributed by atoms with Gasteiger partial charge in [0.15, 0.2) is 12.6 Å². The fraction of sp³-hybridized carbons (Fsp3) is 0.906. The lowest BCUT2D eigenvalue weighted by Gasteiger charge is -2.30. The summed E-state index contributed by atoms with van der Waals surface area (Å²) in [7, 11) is 1.45. The Morgan fingerprint density at radius 1 is 1.05 bits per heavy atom. The van der Waals surface area contributed by atoms with Gasteiger partial charge in [0, 0.05) is 36.8 Å². The third-order valence-electron chi connectivity index (χ3n) is 9.10. The number of ether oxygens (including phenoxy) is 6. The Balaban J connectivity index is 1.43. The zero-order chi connectivity index (χ0) is 28.3. The first-order chi connectivity index (χ1) is 19.5. The van der Waals surface area contributed by atoms with E-state index in [4.69, 9.17) is 28.4 Å². The molecule has 230 valence electrons. The Bertz CT molecular complexity index is 766. The fourth-order valence-electron chi connectivity index (χ4n) is 6.94. The number of rotatable bonds is 15. The van der Waals surface area contributed by atoms with Crippen LogP contribution in [0.5, 0.6) is 0 Å². The lowest BCUT2D eigenvalue weighted by atomic mass is 9.88. The lowest BCUT2D eigenvalue weighted by molar-refractivity contribution is -0.194. The average Bonchev–Trinajstić information content (AvgIpc) is 3.51. The molecule has 0 amide bonds. The van der Waals surface area contributed by atoms with Crippen molar-refractivity contribution >= 4 is 21.9 Å². The Morgan fingerprint density at radius 3 is 2.48 bits per heavy atom. The van der Waals surface area contributed by atoms with Crippen molar-refractivity contribution in [2.24, 2.45) is 17.8 Å². The normalized spacial score (nSPS) is 35.0. The summed E-state index contributed by atoms with van der Waals surface area (Å²) in [6.07, 6.45) is 18.8. The molecule has 4 fully saturated rings. The maximum absolute atomic E-state index is 11.6. The van der Waals surface area contributed by atoms with Crippen molar-refractivity contribution in [2.45, 2.75) is 146 Å². The molecule has 4 unspecified atom stereocenters. The second kappa shape index (κ2) is 17.0. The number of fused-ring (bicyclic) bond motifs is 1. The van der Waals surface area contributed by atoms with Crippen LogP contribution in [0.1, 0.15) is 104 Å². The summed E-state index contributed by atoms with van der Waals surface area (Å²) < 4.78 is 36.5. The molecular formula is C32H53BrO7. The van der Waals surface area contributed by atoms with E-state index in [1.54, 1.807) is 0 Å². The van der Waals surface area contributed by atoms with Crippen molar-refractivity contribution in [2.75, 3.05) is 20.3 Å². The van der Waals surface area contributed by atoms with Gasteiger partial charge in [-0.3, -0.25) is 4.79 Å². The largest absolute Gasteiger partial charge is 0.469 e. The molecule has 10 atom stereocenters. The summed E-state index contributed by atoms with van der Waals surface area (Å²) in [6, 6.07) is 0. The van der Waals surface area contributed by atoms with E-state index in [0.717, 1.165) is 77.4 Å². The topological polar surface area (TPSA) is 72.5 Å². The summed E-state index contributed by atoms with van der Waals surface area (Å²) in [5.41, 5.74) is 0. The standard InChI is InChI=1S/C32H53BrO7/c1-4-10-22(2)19-23(38-31-13-5-7-17-36-31)15-16-24-25-20-29(26(33)11-9-12-30(34)35-3)39-28(25)21-27(24)40-32-14-6-8-18-37-32/h15-16,22-29,31-32H,4-14,17-21H2,1-3H3/t22-,23+,24+,25+,26?,27+,28+,29?,31?,32?/m0/s1. The van der Waals surface area contributed by atoms with Gasteiger partial charge in [-0.25, -0.2) is 0 Å². The maximum atomic E-state index is 11.6. The molecule has 7 nitrogen and oxygen atoms in total. The number of esters is 1. The van der Waals surface area contributed by atoms with Gasteiger partial charge in [0.1, 0.15) is 0 Å². The van der Waals surface area contributed by atoms with Crippen LogP contribution in [0.2, 0.25) is 0 Å². The predicted molar refractivity (Wildman–Crippen MR) is 158 cm³/mol. The van der Waals surface area contributed by atoms with E-state index in [0.29, 0.717) is 18.3 Å². The monoisotopic (exact) mass is 628 g/mol. The minimum absolute atomic E-state index is 0.0376. The van der Waals surface area contributed by atoms with E-state index < -0.39 is 0 Å². The number of alkyl halides is 1. The molecular weight excluding hydrogens is 576 g/mol. The van der Waals surface area contributed by atoms with Crippen LogP contribution < -0.4 is 0 Å². The molecule has 3 aliphatic heterocycles. The third kappa shape index (κ3) is 9.77. The number of methoxy groups -OCH3 is 1. The first-order valence-corrected chi connectivity index (χ1v) is 17.0. The van der Waals surface area contributed by atoms with Gasteiger partial charge in [0.25, 0.3) is 0 Å². The molecule has 4 rings (SSSR count). The lowest BCUT2D eigenvalue weighted by Crippen LogP contribution is -2.32. The second-order valence-electron chi connectivity index (χ2n) is 12.4. The molecule has 1 saturated carbocycles. The highest BCUT2D eigenvalue weighted by molar-refractivity contribution is 9.09. The number of carbonyl (C=O) groups is 1. The molecule has 0 aromatic heterocycles. The van der Waals surface area contributed by atoms with Gasteiger partial charge in [-0.1, -0.05) is 54.8 Å². The van der Waals surface area contributed by atoms with Crippen LogP contribution >= 0.6 is 15.9 Å². The second-order valence-corrected chi connectivity index (χ2v) is 13.5. The van der Waals surface area contributed by atoms with E-state index in [1.165, 1.54) is 26.4 Å². The number of carbonyl (C=O) groups excluding carboxylic acids is 1. The molecule has 3 heterocycles. The zero-order valence-electron chi connectivity index (χ0n) is 25.0. The SMILES string of the molecule is CCC[C@H](C)C[C@@H](C=C[C@@H]1[C@H]2CC(C(Br)CCCC(=O)OC)O[C@@H]2C[C@H]1OC1CCCCO1)OC1CCCCO1. The number of hydrogen-bond donors (Lipinski definition) is 0. The Hall–Kier alpha value is -0.510. The van der Waals surface area contributed by atoms with Crippen LogP contribution in [0.25, 0.3) is 0 Å². The van der Waals surface area contributed by atoms with Gasteiger partial charge in [0.2, 0.25) is 0 Å². The van der Waals surface area contributed by atoms with Gasteiger partial charge in [-0.2, -0.15) is 0 Å². The molecule has 0 spiro atoms. The van der Waals surface area contributed by atoms with E-state index in [9.17, 15) is 4.79 Å². The Labute approximate surface area is 250 Å². The molecule has 0 N–H and O–H groups in total. The van der Waals surface area contributed by atoms with Crippen LogP contribution in [-0.4, -0.2) is 68.1 Å². The molecule has 3 saturated heterocycles. The van der Waals surface area contributed by atoms with Gasteiger partial charge < -0.3 is 28.4 Å². The van der Waals surface area contributed by atoms with Crippen molar-refractivity contribution in [1.82, 2.24) is 0 Å². The van der Waals surface area contributed by atoms with E-state index in [2.05, 4.69) is 41.9 Å². The zero-order valence-corrected chi connectivity index (χ0v) is 26.6. The van der Waals surface area contributed by atoms with Gasteiger partial charge >= 0.3 is 5.97 Å². The van der Waals surface area contributed by atoms with Crippen LogP contribution in [0.4, 0.5) is 0 Å². The average molecular weight is 630 g/mol.